The molecular formula is C17H23NO4. The average molecular weight is 305 g/mol. The fourth-order valence-electron chi connectivity index (χ4n) is 2.83. The van der Waals surface area contributed by atoms with Crippen LogP contribution in [0.4, 0.5) is 4.79 Å². The number of rotatable bonds is 3. The molecule has 0 aromatic heterocycles. The maximum absolute atomic E-state index is 12.3. The molecule has 1 aliphatic rings. The molecule has 1 N–H and O–H groups in total. The van der Waals surface area contributed by atoms with Crippen LogP contribution in [0.2, 0.25) is 0 Å². The van der Waals surface area contributed by atoms with E-state index in [0.717, 1.165) is 12.0 Å². The molecule has 2 atom stereocenters. The largest absolute Gasteiger partial charge is 0.467 e. The van der Waals surface area contributed by atoms with E-state index in [4.69, 9.17) is 9.47 Å². The van der Waals surface area contributed by atoms with Gasteiger partial charge in [0.15, 0.2) is 0 Å². The Morgan fingerprint density at radius 2 is 1.86 bits per heavy atom. The van der Waals surface area contributed by atoms with E-state index in [9.17, 15) is 9.59 Å². The Morgan fingerprint density at radius 1 is 1.23 bits per heavy atom. The van der Waals surface area contributed by atoms with Gasteiger partial charge in [-0.25, -0.2) is 9.59 Å². The minimum Gasteiger partial charge on any atom is -0.467 e. The predicted molar refractivity (Wildman–Crippen MR) is 82.5 cm³/mol. The van der Waals surface area contributed by atoms with Gasteiger partial charge in [0.25, 0.3) is 0 Å². The molecule has 1 amide bonds. The third-order valence-corrected chi connectivity index (χ3v) is 3.90. The molecule has 0 spiro atoms. The number of esters is 1. The van der Waals surface area contributed by atoms with Crippen molar-refractivity contribution < 1.29 is 19.1 Å². The van der Waals surface area contributed by atoms with Gasteiger partial charge in [0, 0.05) is 5.92 Å². The zero-order chi connectivity index (χ0) is 16.4. The Kier molecular flexibility index (Phi) is 4.44. The van der Waals surface area contributed by atoms with E-state index in [1.165, 1.54) is 7.11 Å². The number of hydrogen-bond acceptors (Lipinski definition) is 4. The number of carbonyl (C=O) groups is 2. The normalized spacial score (nSPS) is 24.1. The van der Waals surface area contributed by atoms with Crippen molar-refractivity contribution in [1.82, 2.24) is 5.32 Å². The van der Waals surface area contributed by atoms with Gasteiger partial charge in [-0.2, -0.15) is 0 Å². The Morgan fingerprint density at radius 3 is 2.32 bits per heavy atom. The third-order valence-electron chi connectivity index (χ3n) is 3.90. The number of methoxy groups -OCH3 is 1. The van der Waals surface area contributed by atoms with Crippen molar-refractivity contribution in [2.24, 2.45) is 0 Å². The Balaban J connectivity index is 2.23. The molecule has 0 bridgehead atoms. The minimum absolute atomic E-state index is 0.103. The first-order valence-electron chi connectivity index (χ1n) is 7.43. The summed E-state index contributed by atoms with van der Waals surface area (Å²) in [5, 5.41) is 2.75. The van der Waals surface area contributed by atoms with E-state index in [0.29, 0.717) is 6.42 Å². The number of alkyl carbamates (subject to hydrolysis) is 1. The fourth-order valence-corrected chi connectivity index (χ4v) is 2.83. The smallest absolute Gasteiger partial charge is 0.408 e. The van der Waals surface area contributed by atoms with Gasteiger partial charge in [-0.3, -0.25) is 0 Å². The van der Waals surface area contributed by atoms with E-state index < -0.39 is 23.2 Å². The van der Waals surface area contributed by atoms with Gasteiger partial charge in [-0.1, -0.05) is 30.3 Å². The maximum Gasteiger partial charge on any atom is 0.408 e. The highest BCUT2D eigenvalue weighted by atomic mass is 16.6. The first-order chi connectivity index (χ1) is 10.3. The highest BCUT2D eigenvalue weighted by molar-refractivity contribution is 5.88. The Hall–Kier alpha value is -2.04. The van der Waals surface area contributed by atoms with Gasteiger partial charge in [0.05, 0.1) is 7.11 Å². The second-order valence-electron chi connectivity index (χ2n) is 6.59. The fraction of sp³-hybridized carbons (Fsp3) is 0.529. The number of carbonyl (C=O) groups excluding carboxylic acids is 2. The summed E-state index contributed by atoms with van der Waals surface area (Å²) in [4.78, 5) is 24.4. The third kappa shape index (κ3) is 3.24. The zero-order valence-electron chi connectivity index (χ0n) is 13.5. The molecular weight excluding hydrogens is 282 g/mol. The Bertz CT molecular complexity index is 550. The standard InChI is InChI=1S/C17H23NO4/c1-16(2,3)22-15(20)18-17(14(19)21-4)11-10-13(17)12-8-6-5-7-9-12/h5-9,13H,10-11H2,1-4H3,(H,18,20)/t13-,17+/m0/s1. The molecule has 1 fully saturated rings. The van der Waals surface area contributed by atoms with Gasteiger partial charge in [-0.15, -0.1) is 0 Å². The van der Waals surface area contributed by atoms with Crippen LogP contribution in [-0.4, -0.2) is 30.3 Å². The molecule has 1 aromatic carbocycles. The topological polar surface area (TPSA) is 64.6 Å². The Labute approximate surface area is 131 Å². The van der Waals surface area contributed by atoms with E-state index >= 15 is 0 Å². The maximum atomic E-state index is 12.3. The molecule has 0 saturated heterocycles. The molecule has 0 aliphatic heterocycles. The minimum atomic E-state index is -1.04. The van der Waals surface area contributed by atoms with Crippen molar-refractivity contribution in [3.8, 4) is 0 Å². The lowest BCUT2D eigenvalue weighted by Gasteiger charge is -2.47. The average Bonchev–Trinajstić information content (AvgIpc) is 2.42. The summed E-state index contributed by atoms with van der Waals surface area (Å²) in [5.74, 6) is -0.535. The molecule has 0 radical (unpaired) electrons. The van der Waals surface area contributed by atoms with Crippen molar-refractivity contribution >= 4 is 12.1 Å². The van der Waals surface area contributed by atoms with E-state index in [-0.39, 0.29) is 5.92 Å². The van der Waals surface area contributed by atoms with Crippen LogP contribution in [0, 0.1) is 0 Å². The zero-order valence-corrected chi connectivity index (χ0v) is 13.5. The molecule has 0 unspecified atom stereocenters. The highest BCUT2D eigenvalue weighted by Gasteiger charge is 2.56. The number of benzene rings is 1. The van der Waals surface area contributed by atoms with Crippen molar-refractivity contribution in [2.75, 3.05) is 7.11 Å². The summed E-state index contributed by atoms with van der Waals surface area (Å²) < 4.78 is 10.2. The molecule has 5 heteroatoms. The number of amides is 1. The number of nitrogens with one attached hydrogen (secondary N) is 1. The van der Waals surface area contributed by atoms with Crippen LogP contribution in [0.15, 0.2) is 30.3 Å². The molecule has 0 heterocycles. The van der Waals surface area contributed by atoms with Crippen LogP contribution in [0.1, 0.15) is 45.1 Å². The molecule has 1 aromatic rings. The van der Waals surface area contributed by atoms with Crippen LogP contribution in [-0.2, 0) is 14.3 Å². The SMILES string of the molecule is COC(=O)[C@@]1(NC(=O)OC(C)(C)C)CC[C@H]1c1ccccc1. The second-order valence-corrected chi connectivity index (χ2v) is 6.59. The van der Waals surface area contributed by atoms with Crippen LogP contribution in [0.5, 0.6) is 0 Å². The first kappa shape index (κ1) is 16.3. The highest BCUT2D eigenvalue weighted by Crippen LogP contribution is 2.46. The lowest BCUT2D eigenvalue weighted by molar-refractivity contribution is -0.154. The van der Waals surface area contributed by atoms with Crippen LogP contribution in [0.3, 0.4) is 0 Å². The van der Waals surface area contributed by atoms with Crippen LogP contribution < -0.4 is 5.32 Å². The van der Waals surface area contributed by atoms with Gasteiger partial charge >= 0.3 is 12.1 Å². The van der Waals surface area contributed by atoms with E-state index in [2.05, 4.69) is 5.32 Å². The first-order valence-corrected chi connectivity index (χ1v) is 7.43. The van der Waals surface area contributed by atoms with Gasteiger partial charge < -0.3 is 14.8 Å². The molecule has 120 valence electrons. The van der Waals surface area contributed by atoms with E-state index in [1.54, 1.807) is 20.8 Å². The van der Waals surface area contributed by atoms with Crippen LogP contribution in [0.25, 0.3) is 0 Å². The monoisotopic (exact) mass is 305 g/mol. The molecule has 1 aliphatic carbocycles. The summed E-state index contributed by atoms with van der Waals surface area (Å²) in [6.07, 6.45) is 0.756. The summed E-state index contributed by atoms with van der Waals surface area (Å²) in [5.41, 5.74) is -0.651. The summed E-state index contributed by atoms with van der Waals surface area (Å²) >= 11 is 0. The molecule has 5 nitrogen and oxygen atoms in total. The van der Waals surface area contributed by atoms with Crippen molar-refractivity contribution in [2.45, 2.75) is 50.7 Å². The number of hydrogen-bond donors (Lipinski definition) is 1. The summed E-state index contributed by atoms with van der Waals surface area (Å²) in [6, 6.07) is 9.67. The van der Waals surface area contributed by atoms with Gasteiger partial charge in [0.2, 0.25) is 0 Å². The summed E-state index contributed by atoms with van der Waals surface area (Å²) in [7, 11) is 1.33. The van der Waals surface area contributed by atoms with Crippen LogP contribution >= 0.6 is 0 Å². The number of ether oxygens (including phenoxy) is 2. The van der Waals surface area contributed by atoms with Gasteiger partial charge in [0.1, 0.15) is 11.1 Å². The van der Waals surface area contributed by atoms with Gasteiger partial charge in [-0.05, 0) is 39.2 Å². The predicted octanol–water partition coefficient (Wildman–Crippen LogP) is 3.00. The van der Waals surface area contributed by atoms with Crippen molar-refractivity contribution in [1.29, 1.82) is 0 Å². The summed E-state index contributed by atoms with van der Waals surface area (Å²) in [6.45, 7) is 5.35. The molecule has 22 heavy (non-hydrogen) atoms. The second kappa shape index (κ2) is 5.99. The van der Waals surface area contributed by atoms with Crippen molar-refractivity contribution in [3.05, 3.63) is 35.9 Å². The molecule has 1 saturated carbocycles. The van der Waals surface area contributed by atoms with E-state index in [1.807, 2.05) is 30.3 Å². The quantitative estimate of drug-likeness (QED) is 0.872. The lowest BCUT2D eigenvalue weighted by Crippen LogP contribution is -2.64. The van der Waals surface area contributed by atoms with Crippen molar-refractivity contribution in [3.63, 3.8) is 0 Å². The lowest BCUT2D eigenvalue weighted by atomic mass is 9.63. The molecule has 2 rings (SSSR count).